The fourth-order valence-electron chi connectivity index (χ4n) is 4.53. The number of rotatable bonds is 6. The first-order valence-electron chi connectivity index (χ1n) is 12.3. The highest BCUT2D eigenvalue weighted by atomic mass is 15.1. The predicted octanol–water partition coefficient (Wildman–Crippen LogP) is 9.59. The first kappa shape index (κ1) is 22.7. The van der Waals surface area contributed by atoms with Gasteiger partial charge in [0.05, 0.1) is 0 Å². The molecule has 0 unspecified atom stereocenters. The van der Waals surface area contributed by atoms with E-state index in [0.717, 1.165) is 17.1 Å². The average molecular weight is 454 g/mol. The van der Waals surface area contributed by atoms with Gasteiger partial charge in [0.2, 0.25) is 0 Å². The molecule has 0 saturated carbocycles. The molecule has 0 fully saturated rings. The standard InChI is InChI=1S/C34H31N/c1-25-9-19-32(20-10-25)35(33-21-11-26(2)12-22-33)34-23-17-29(18-24-34)27(3)28-13-15-31(16-14-28)30-7-5-4-6-8-30/h4-24,27H,1-3H3/t27-/m0/s1. The third kappa shape index (κ3) is 5.05. The summed E-state index contributed by atoms with van der Waals surface area (Å²) < 4.78 is 0. The van der Waals surface area contributed by atoms with Crippen LogP contribution in [-0.2, 0) is 0 Å². The lowest BCUT2D eigenvalue weighted by Gasteiger charge is -2.26. The van der Waals surface area contributed by atoms with Crippen molar-refractivity contribution in [1.82, 2.24) is 0 Å². The zero-order valence-corrected chi connectivity index (χ0v) is 20.6. The van der Waals surface area contributed by atoms with Crippen LogP contribution in [-0.4, -0.2) is 0 Å². The maximum absolute atomic E-state index is 2.32. The fraction of sp³-hybridized carbons (Fsp3) is 0.118. The van der Waals surface area contributed by atoms with Crippen molar-refractivity contribution < 1.29 is 0 Å². The van der Waals surface area contributed by atoms with Crippen molar-refractivity contribution in [2.75, 3.05) is 4.90 Å². The van der Waals surface area contributed by atoms with E-state index in [4.69, 9.17) is 0 Å². The van der Waals surface area contributed by atoms with Crippen LogP contribution in [0.1, 0.15) is 35.1 Å². The van der Waals surface area contributed by atoms with Gasteiger partial charge in [0.1, 0.15) is 0 Å². The molecule has 0 bridgehead atoms. The SMILES string of the molecule is Cc1ccc(N(c2ccc(C)cc2)c2ccc([C@@H](C)c3ccc(-c4ccccc4)cc3)cc2)cc1. The van der Waals surface area contributed by atoms with E-state index in [0.29, 0.717) is 5.92 Å². The maximum atomic E-state index is 2.32. The Bertz CT molecular complexity index is 1320. The normalized spacial score (nSPS) is 11.7. The summed E-state index contributed by atoms with van der Waals surface area (Å²) in [5, 5.41) is 0. The molecule has 1 heteroatoms. The average Bonchev–Trinajstić information content (AvgIpc) is 2.91. The molecule has 5 aromatic carbocycles. The van der Waals surface area contributed by atoms with Crippen molar-refractivity contribution in [2.45, 2.75) is 26.7 Å². The second kappa shape index (κ2) is 10.0. The Labute approximate surface area is 209 Å². The fourth-order valence-corrected chi connectivity index (χ4v) is 4.53. The molecule has 0 heterocycles. The van der Waals surface area contributed by atoms with Crippen LogP contribution in [0.5, 0.6) is 0 Å². The number of hydrogen-bond donors (Lipinski definition) is 0. The van der Waals surface area contributed by atoms with E-state index in [1.165, 1.54) is 33.4 Å². The summed E-state index contributed by atoms with van der Waals surface area (Å²) in [6, 6.07) is 46.0. The molecular formula is C34H31N. The summed E-state index contributed by atoms with van der Waals surface area (Å²) in [6.07, 6.45) is 0. The van der Waals surface area contributed by atoms with Gasteiger partial charge in [0.15, 0.2) is 0 Å². The molecule has 0 spiro atoms. The monoisotopic (exact) mass is 453 g/mol. The van der Waals surface area contributed by atoms with Crippen LogP contribution in [0.25, 0.3) is 11.1 Å². The predicted molar refractivity (Wildman–Crippen MR) is 150 cm³/mol. The van der Waals surface area contributed by atoms with Gasteiger partial charge in [0.25, 0.3) is 0 Å². The van der Waals surface area contributed by atoms with Gasteiger partial charge >= 0.3 is 0 Å². The Morgan fingerprint density at radius 3 is 1.26 bits per heavy atom. The third-order valence-electron chi connectivity index (χ3n) is 6.75. The van der Waals surface area contributed by atoms with Crippen LogP contribution in [0, 0.1) is 13.8 Å². The van der Waals surface area contributed by atoms with E-state index in [9.17, 15) is 0 Å². The molecule has 35 heavy (non-hydrogen) atoms. The molecule has 1 atom stereocenters. The Kier molecular flexibility index (Phi) is 6.50. The minimum absolute atomic E-state index is 0.320. The highest BCUT2D eigenvalue weighted by Gasteiger charge is 2.14. The van der Waals surface area contributed by atoms with Gasteiger partial charge in [-0.05, 0) is 72.5 Å². The molecule has 0 saturated heterocycles. The van der Waals surface area contributed by atoms with Crippen molar-refractivity contribution in [3.8, 4) is 11.1 Å². The molecule has 0 amide bonds. The van der Waals surface area contributed by atoms with Crippen LogP contribution in [0.3, 0.4) is 0 Å². The van der Waals surface area contributed by atoms with Gasteiger partial charge in [0, 0.05) is 23.0 Å². The summed E-state index contributed by atoms with van der Waals surface area (Å²) in [7, 11) is 0. The summed E-state index contributed by atoms with van der Waals surface area (Å²) in [4.78, 5) is 2.32. The largest absolute Gasteiger partial charge is 0.311 e. The van der Waals surface area contributed by atoms with Crippen LogP contribution in [0.4, 0.5) is 17.1 Å². The lowest BCUT2D eigenvalue weighted by molar-refractivity contribution is 0.922. The van der Waals surface area contributed by atoms with Crippen molar-refractivity contribution in [3.05, 3.63) is 150 Å². The minimum atomic E-state index is 0.320. The molecule has 0 N–H and O–H groups in total. The van der Waals surface area contributed by atoms with E-state index >= 15 is 0 Å². The molecule has 1 nitrogen and oxygen atoms in total. The molecular weight excluding hydrogens is 422 g/mol. The highest BCUT2D eigenvalue weighted by Crippen LogP contribution is 2.36. The van der Waals surface area contributed by atoms with Crippen molar-refractivity contribution in [1.29, 1.82) is 0 Å². The van der Waals surface area contributed by atoms with Crippen molar-refractivity contribution in [2.24, 2.45) is 0 Å². The second-order valence-electron chi connectivity index (χ2n) is 9.31. The number of hydrogen-bond acceptors (Lipinski definition) is 1. The molecule has 0 radical (unpaired) electrons. The van der Waals surface area contributed by atoms with E-state index in [1.807, 2.05) is 0 Å². The third-order valence-corrected chi connectivity index (χ3v) is 6.75. The highest BCUT2D eigenvalue weighted by molar-refractivity contribution is 5.76. The van der Waals surface area contributed by atoms with Gasteiger partial charge in [-0.3, -0.25) is 0 Å². The van der Waals surface area contributed by atoms with Crippen LogP contribution in [0.15, 0.2) is 127 Å². The molecule has 5 aromatic rings. The van der Waals surface area contributed by atoms with Crippen LogP contribution in [0.2, 0.25) is 0 Å². The van der Waals surface area contributed by atoms with Crippen molar-refractivity contribution >= 4 is 17.1 Å². The van der Waals surface area contributed by atoms with E-state index in [1.54, 1.807) is 0 Å². The maximum Gasteiger partial charge on any atom is 0.0461 e. The van der Waals surface area contributed by atoms with Crippen molar-refractivity contribution in [3.63, 3.8) is 0 Å². The summed E-state index contributed by atoms with van der Waals surface area (Å²) in [6.45, 7) is 6.54. The lowest BCUT2D eigenvalue weighted by atomic mass is 9.91. The molecule has 0 aliphatic rings. The minimum Gasteiger partial charge on any atom is -0.311 e. The zero-order valence-electron chi connectivity index (χ0n) is 20.6. The molecule has 5 rings (SSSR count). The molecule has 0 aliphatic carbocycles. The zero-order chi connectivity index (χ0) is 24.2. The molecule has 0 aromatic heterocycles. The Hall–Kier alpha value is -4.10. The first-order chi connectivity index (χ1) is 17.1. The lowest BCUT2D eigenvalue weighted by Crippen LogP contribution is -2.10. The Morgan fingerprint density at radius 2 is 0.800 bits per heavy atom. The van der Waals surface area contributed by atoms with Gasteiger partial charge in [-0.15, -0.1) is 0 Å². The quantitative estimate of drug-likeness (QED) is 0.247. The van der Waals surface area contributed by atoms with Gasteiger partial charge in [-0.2, -0.15) is 0 Å². The Morgan fingerprint density at radius 1 is 0.429 bits per heavy atom. The summed E-state index contributed by atoms with van der Waals surface area (Å²) >= 11 is 0. The second-order valence-corrected chi connectivity index (χ2v) is 9.31. The smallest absolute Gasteiger partial charge is 0.0461 e. The number of aryl methyl sites for hydroxylation is 2. The number of anilines is 3. The number of benzene rings is 5. The van der Waals surface area contributed by atoms with Gasteiger partial charge in [-0.1, -0.05) is 109 Å². The molecule has 0 aliphatic heterocycles. The molecule has 172 valence electrons. The van der Waals surface area contributed by atoms with E-state index in [2.05, 4.69) is 153 Å². The summed E-state index contributed by atoms with van der Waals surface area (Å²) in [5.74, 6) is 0.320. The van der Waals surface area contributed by atoms with E-state index < -0.39 is 0 Å². The van der Waals surface area contributed by atoms with Gasteiger partial charge < -0.3 is 4.90 Å². The number of nitrogens with zero attached hydrogens (tertiary/aromatic N) is 1. The van der Waals surface area contributed by atoms with Crippen LogP contribution < -0.4 is 4.90 Å². The first-order valence-corrected chi connectivity index (χ1v) is 12.3. The van der Waals surface area contributed by atoms with Gasteiger partial charge in [-0.25, -0.2) is 0 Å². The van der Waals surface area contributed by atoms with Crippen LogP contribution >= 0.6 is 0 Å². The summed E-state index contributed by atoms with van der Waals surface area (Å²) in [5.41, 5.74) is 11.2. The Balaban J connectivity index is 1.42. The van der Waals surface area contributed by atoms with E-state index in [-0.39, 0.29) is 0 Å². The topological polar surface area (TPSA) is 3.24 Å².